The summed E-state index contributed by atoms with van der Waals surface area (Å²) in [5.41, 5.74) is 3.51. The Balaban J connectivity index is 1.61. The maximum absolute atomic E-state index is 12.6. The van der Waals surface area contributed by atoms with Gasteiger partial charge in [-0.1, -0.05) is 24.2 Å². The Hall–Kier alpha value is -2.63. The first kappa shape index (κ1) is 19.7. The van der Waals surface area contributed by atoms with Crippen molar-refractivity contribution in [1.29, 1.82) is 4.78 Å². The Labute approximate surface area is 169 Å². The fourth-order valence-corrected chi connectivity index (χ4v) is 4.67. The van der Waals surface area contributed by atoms with E-state index in [4.69, 9.17) is 9.43 Å². The molecule has 11 heteroatoms. The molecule has 2 atom stereocenters. The number of carbonyl (C=O) groups is 1. The molecule has 2 heterocycles. The van der Waals surface area contributed by atoms with Crippen LogP contribution in [0.4, 0.5) is 10.5 Å². The van der Waals surface area contributed by atoms with E-state index in [9.17, 15) is 14.0 Å². The number of amides is 2. The van der Waals surface area contributed by atoms with E-state index >= 15 is 0 Å². The highest BCUT2D eigenvalue weighted by molar-refractivity contribution is 7.91. The van der Waals surface area contributed by atoms with Crippen molar-refractivity contribution in [1.82, 2.24) is 14.5 Å². The lowest BCUT2D eigenvalue weighted by Gasteiger charge is -2.25. The minimum Gasteiger partial charge on any atom is -0.423 e. The van der Waals surface area contributed by atoms with E-state index < -0.39 is 29.2 Å². The van der Waals surface area contributed by atoms with Gasteiger partial charge in [0.1, 0.15) is 0 Å². The Bertz CT molecular complexity index is 1080. The molecule has 2 amide bonds. The first-order valence-corrected chi connectivity index (χ1v) is 10.9. The number of rotatable bonds is 4. The normalized spacial score (nSPS) is 20.2. The lowest BCUT2D eigenvalue weighted by Crippen LogP contribution is -2.35. The number of urea groups is 1. The molecule has 0 bridgehead atoms. The summed E-state index contributed by atoms with van der Waals surface area (Å²) in [5.74, 6) is 1.58. The first-order chi connectivity index (χ1) is 13.8. The Morgan fingerprint density at radius 1 is 1.41 bits per heavy atom. The van der Waals surface area contributed by atoms with Crippen molar-refractivity contribution < 1.29 is 18.7 Å². The minimum absolute atomic E-state index is 0.0162. The van der Waals surface area contributed by atoms with Crippen LogP contribution in [-0.4, -0.2) is 32.2 Å². The summed E-state index contributed by atoms with van der Waals surface area (Å²) in [4.78, 5) is 12.6. The second-order valence-corrected chi connectivity index (χ2v) is 8.87. The average molecular weight is 415 g/mol. The van der Waals surface area contributed by atoms with Crippen molar-refractivity contribution in [3.05, 3.63) is 53.1 Å². The van der Waals surface area contributed by atoms with E-state index in [1.165, 1.54) is 10.7 Å². The molecule has 0 fully saturated rings. The number of nitrogens with zero attached hydrogens (tertiary/aromatic N) is 2. The van der Waals surface area contributed by atoms with Crippen molar-refractivity contribution in [2.45, 2.75) is 36.8 Å². The van der Waals surface area contributed by atoms with E-state index in [1.54, 1.807) is 19.2 Å². The van der Waals surface area contributed by atoms with E-state index in [0.717, 1.165) is 36.0 Å². The van der Waals surface area contributed by atoms with Gasteiger partial charge in [-0.3, -0.25) is 4.68 Å². The molecule has 4 rings (SSSR count). The number of nitrogens with one attached hydrogen (secondary N) is 3. The Morgan fingerprint density at radius 2 is 2.24 bits per heavy atom. The van der Waals surface area contributed by atoms with E-state index in [-0.39, 0.29) is 5.03 Å². The number of aryl methyl sites for hydroxylation is 2. The zero-order chi connectivity index (χ0) is 20.6. The second kappa shape index (κ2) is 7.66. The zero-order valence-corrected chi connectivity index (χ0v) is 16.7. The van der Waals surface area contributed by atoms with Gasteiger partial charge in [-0.2, -0.15) is 5.10 Å². The molecule has 2 aliphatic rings. The van der Waals surface area contributed by atoms with Crippen LogP contribution in [0.5, 0.6) is 0 Å². The van der Waals surface area contributed by atoms with Crippen molar-refractivity contribution in [3.63, 3.8) is 0 Å². The number of hydrogen-bond acceptors (Lipinski definition) is 6. The highest BCUT2D eigenvalue weighted by atomic mass is 32.2. The standard InChI is InChI=1S/C18H22BN5O4S/c1-24-11-9-16(22-24)29(20,27)23-18(25)21-17-13-5-2-4-12(13)7-8-14(17)15-6-3-10-19(26)28-15/h3,7-11,15,26H,2,4-6H2,1H3,(H3,20,21,23,25,27). The van der Waals surface area contributed by atoms with E-state index in [2.05, 4.69) is 15.1 Å². The predicted octanol–water partition coefficient (Wildman–Crippen LogP) is 2.09. The average Bonchev–Trinajstić information content (AvgIpc) is 3.30. The third kappa shape index (κ3) is 4.07. The van der Waals surface area contributed by atoms with Gasteiger partial charge in [-0.25, -0.2) is 18.5 Å². The van der Waals surface area contributed by atoms with Crippen LogP contribution in [0.15, 0.2) is 41.5 Å². The van der Waals surface area contributed by atoms with Crippen LogP contribution in [0.2, 0.25) is 0 Å². The molecule has 1 aromatic carbocycles. The molecular weight excluding hydrogens is 393 g/mol. The molecule has 9 nitrogen and oxygen atoms in total. The number of aromatic nitrogens is 2. The fraction of sp³-hybridized carbons (Fsp3) is 0.333. The molecule has 0 saturated carbocycles. The van der Waals surface area contributed by atoms with Gasteiger partial charge in [0.2, 0.25) is 0 Å². The van der Waals surface area contributed by atoms with Crippen molar-refractivity contribution >= 4 is 28.8 Å². The maximum atomic E-state index is 12.6. The van der Waals surface area contributed by atoms with Gasteiger partial charge in [-0.05, 0) is 42.9 Å². The van der Waals surface area contributed by atoms with E-state index in [1.807, 2.05) is 18.2 Å². The summed E-state index contributed by atoms with van der Waals surface area (Å²) in [6.45, 7) is 0. The molecule has 152 valence electrons. The highest BCUT2D eigenvalue weighted by Gasteiger charge is 2.28. The van der Waals surface area contributed by atoms with Crippen LogP contribution in [0.1, 0.15) is 35.6 Å². The van der Waals surface area contributed by atoms with Gasteiger partial charge in [-0.15, -0.1) is 0 Å². The largest absolute Gasteiger partial charge is 0.483 e. The first-order valence-electron chi connectivity index (χ1n) is 9.35. The van der Waals surface area contributed by atoms with Crippen molar-refractivity contribution in [3.8, 4) is 0 Å². The van der Waals surface area contributed by atoms with E-state index in [0.29, 0.717) is 12.1 Å². The lowest BCUT2D eigenvalue weighted by molar-refractivity contribution is 0.171. The van der Waals surface area contributed by atoms with Crippen LogP contribution in [0.25, 0.3) is 0 Å². The van der Waals surface area contributed by atoms with Gasteiger partial charge in [0.15, 0.2) is 14.9 Å². The van der Waals surface area contributed by atoms with Crippen LogP contribution < -0.4 is 10.0 Å². The second-order valence-electron chi connectivity index (χ2n) is 7.14. The fourth-order valence-electron chi connectivity index (χ4n) is 3.76. The smallest absolute Gasteiger partial charge is 0.423 e. The number of fused-ring (bicyclic) bond motifs is 1. The molecule has 2 unspecified atom stereocenters. The summed E-state index contributed by atoms with van der Waals surface area (Å²) >= 11 is 0. The number of hydrogen-bond donors (Lipinski definition) is 4. The maximum Gasteiger partial charge on any atom is 0.483 e. The van der Waals surface area contributed by atoms with Crippen LogP contribution in [0.3, 0.4) is 0 Å². The van der Waals surface area contributed by atoms with Crippen LogP contribution in [0, 0.1) is 4.78 Å². The van der Waals surface area contributed by atoms with Gasteiger partial charge in [0, 0.05) is 18.8 Å². The Kier molecular flexibility index (Phi) is 5.20. The predicted molar refractivity (Wildman–Crippen MR) is 109 cm³/mol. The molecule has 2 aromatic rings. The summed E-state index contributed by atoms with van der Waals surface area (Å²) in [5, 5.41) is 16.5. The summed E-state index contributed by atoms with van der Waals surface area (Å²) in [7, 11) is -2.95. The van der Waals surface area contributed by atoms with Gasteiger partial charge < -0.3 is 15.0 Å². The summed E-state index contributed by atoms with van der Waals surface area (Å²) < 4.78 is 29.9. The number of benzene rings is 1. The van der Waals surface area contributed by atoms with Gasteiger partial charge >= 0.3 is 13.1 Å². The summed E-state index contributed by atoms with van der Waals surface area (Å²) in [6, 6.07) is 4.61. The van der Waals surface area contributed by atoms with Crippen molar-refractivity contribution in [2.75, 3.05) is 5.32 Å². The summed E-state index contributed by atoms with van der Waals surface area (Å²) in [6.07, 6.45) is 6.26. The Morgan fingerprint density at radius 3 is 2.97 bits per heavy atom. The van der Waals surface area contributed by atoms with Crippen LogP contribution >= 0.6 is 0 Å². The topological polar surface area (TPSA) is 129 Å². The lowest BCUT2D eigenvalue weighted by atomic mass is 9.84. The quantitative estimate of drug-likeness (QED) is 0.569. The van der Waals surface area contributed by atoms with Gasteiger partial charge in [0.25, 0.3) is 0 Å². The van der Waals surface area contributed by atoms with Gasteiger partial charge in [0.05, 0.1) is 11.8 Å². The molecule has 1 aliphatic carbocycles. The number of carbonyl (C=O) groups excluding carboxylic acids is 1. The molecule has 0 radical (unpaired) electrons. The molecular formula is C18H22BN5O4S. The molecule has 0 saturated heterocycles. The molecule has 0 spiro atoms. The third-order valence-corrected chi connectivity index (χ3v) is 6.35. The minimum atomic E-state index is -3.60. The highest BCUT2D eigenvalue weighted by Crippen LogP contribution is 2.38. The third-order valence-electron chi connectivity index (χ3n) is 5.08. The molecule has 1 aliphatic heterocycles. The SMILES string of the molecule is Cn1ccc(S(=N)(=O)NC(=O)Nc2c(C3CC=CB(O)O3)ccc3c2CCC3)n1. The molecule has 4 N–H and O–H groups in total. The molecule has 29 heavy (non-hydrogen) atoms. The van der Waals surface area contributed by atoms with Crippen LogP contribution in [-0.2, 0) is 34.5 Å². The zero-order valence-electron chi connectivity index (χ0n) is 15.9. The number of anilines is 1. The van der Waals surface area contributed by atoms with Crippen molar-refractivity contribution in [2.24, 2.45) is 7.05 Å². The molecule has 1 aromatic heterocycles. The monoisotopic (exact) mass is 415 g/mol.